The van der Waals surface area contributed by atoms with E-state index in [2.05, 4.69) is 0 Å². The van der Waals surface area contributed by atoms with E-state index in [1.807, 2.05) is 109 Å². The molecular weight excluding hydrogens is 709 g/mol. The number of fused-ring (bicyclic) bond motifs is 6. The maximum absolute atomic E-state index is 13.2. The largest absolute Gasteiger partial charge is 0.462 e. The Balaban J connectivity index is 0.978. The van der Waals surface area contributed by atoms with Crippen molar-refractivity contribution in [3.8, 4) is 34.4 Å². The molecule has 0 aliphatic heterocycles. The summed E-state index contributed by atoms with van der Waals surface area (Å²) in [5.41, 5.74) is 5.91. The Hall–Kier alpha value is -7.04. The number of benzene rings is 4. The molecule has 0 heterocycles. The van der Waals surface area contributed by atoms with E-state index in [9.17, 15) is 29.7 Å². The molecule has 0 unspecified atom stereocenters. The number of ether oxygens (including phenoxy) is 4. The highest BCUT2D eigenvalue weighted by Crippen LogP contribution is 2.46. The van der Waals surface area contributed by atoms with Crippen LogP contribution in [0.15, 0.2) is 120 Å². The van der Waals surface area contributed by atoms with Gasteiger partial charge in [-0.25, -0.2) is 19.2 Å². The fourth-order valence-electron chi connectivity index (χ4n) is 6.49. The van der Waals surface area contributed by atoms with Crippen molar-refractivity contribution < 1.29 is 38.1 Å². The van der Waals surface area contributed by atoms with Crippen LogP contribution in [0.3, 0.4) is 0 Å². The number of carbonyl (C=O) groups excluding carboxylic acids is 4. The van der Waals surface area contributed by atoms with Gasteiger partial charge in [0.05, 0.1) is 13.2 Å². The van der Waals surface area contributed by atoms with Crippen LogP contribution < -0.4 is 0 Å². The predicted octanol–water partition coefficient (Wildman–Crippen LogP) is 7.78. The molecule has 10 heteroatoms. The molecule has 2 aliphatic carbocycles. The minimum atomic E-state index is -0.830. The van der Waals surface area contributed by atoms with E-state index >= 15 is 0 Å². The number of esters is 4. The van der Waals surface area contributed by atoms with Crippen LogP contribution in [0, 0.1) is 33.5 Å². The molecule has 6 rings (SSSR count). The van der Waals surface area contributed by atoms with Crippen molar-refractivity contribution in [1.82, 2.24) is 0 Å². The van der Waals surface area contributed by atoms with Crippen LogP contribution in [-0.4, -0.2) is 50.3 Å². The van der Waals surface area contributed by atoms with Crippen molar-refractivity contribution in [2.45, 2.75) is 27.7 Å². The molecule has 0 atom stereocenters. The first-order chi connectivity index (χ1) is 26.8. The van der Waals surface area contributed by atoms with Crippen LogP contribution in [0.2, 0.25) is 0 Å². The Morgan fingerprint density at radius 3 is 0.982 bits per heavy atom. The van der Waals surface area contributed by atoms with Crippen molar-refractivity contribution in [1.29, 1.82) is 10.5 Å². The molecule has 4 aromatic carbocycles. The number of hydrogen-bond donors (Lipinski definition) is 0. The summed E-state index contributed by atoms with van der Waals surface area (Å²) < 4.78 is 21.7. The molecule has 4 aromatic rings. The summed E-state index contributed by atoms with van der Waals surface area (Å²) in [6.45, 7) is 6.28. The second-order valence-corrected chi connectivity index (χ2v) is 14.9. The zero-order chi connectivity index (χ0) is 40.0. The summed E-state index contributed by atoms with van der Waals surface area (Å²) in [4.78, 5) is 51.4. The Kier molecular flexibility index (Phi) is 11.1. The van der Waals surface area contributed by atoms with Crippen LogP contribution in [0.4, 0.5) is 0 Å². The second kappa shape index (κ2) is 16.1. The molecule has 0 radical (unpaired) electrons. The molecule has 10 nitrogen and oxygen atoms in total. The van der Waals surface area contributed by atoms with E-state index in [1.54, 1.807) is 27.7 Å². The van der Waals surface area contributed by atoms with E-state index in [1.165, 1.54) is 0 Å². The Bertz CT molecular complexity index is 2170. The topological polar surface area (TPSA) is 153 Å². The first kappa shape index (κ1) is 38.7. The molecule has 0 saturated heterocycles. The average Bonchev–Trinajstić information content (AvgIpc) is 3.71. The van der Waals surface area contributed by atoms with Gasteiger partial charge >= 0.3 is 23.9 Å². The molecule has 0 amide bonds. The van der Waals surface area contributed by atoms with Gasteiger partial charge in [0, 0.05) is 34.1 Å². The van der Waals surface area contributed by atoms with Crippen LogP contribution in [0.1, 0.15) is 49.9 Å². The van der Waals surface area contributed by atoms with Gasteiger partial charge in [0.15, 0.2) is 0 Å². The van der Waals surface area contributed by atoms with Crippen LogP contribution >= 0.6 is 0 Å². The van der Waals surface area contributed by atoms with Gasteiger partial charge in [0.2, 0.25) is 0 Å². The molecule has 0 saturated carbocycles. The minimum Gasteiger partial charge on any atom is -0.462 e. The second-order valence-electron chi connectivity index (χ2n) is 14.9. The van der Waals surface area contributed by atoms with Crippen LogP contribution in [0.5, 0.6) is 0 Å². The average molecular weight is 747 g/mol. The van der Waals surface area contributed by atoms with E-state index in [0.29, 0.717) is 11.1 Å². The molecule has 0 bridgehead atoms. The molecule has 0 aromatic heterocycles. The zero-order valence-electron chi connectivity index (χ0n) is 31.4. The third-order valence-corrected chi connectivity index (χ3v) is 9.25. The summed E-state index contributed by atoms with van der Waals surface area (Å²) >= 11 is 0. The van der Waals surface area contributed by atoms with Gasteiger partial charge in [-0.1, -0.05) is 125 Å². The lowest BCUT2D eigenvalue weighted by Gasteiger charge is -2.23. The fraction of sp³-hybridized carbons (Fsp3) is 0.217. The highest BCUT2D eigenvalue weighted by molar-refractivity contribution is 6.13. The van der Waals surface area contributed by atoms with E-state index < -0.39 is 34.7 Å². The normalized spacial score (nSPS) is 12.3. The maximum Gasteiger partial charge on any atom is 0.349 e. The molecular formula is C46H38N2O8. The summed E-state index contributed by atoms with van der Waals surface area (Å²) in [6.07, 6.45) is 1.85. The lowest BCUT2D eigenvalue weighted by atomic mass is 9.96. The minimum absolute atomic E-state index is 0.122. The fourth-order valence-corrected chi connectivity index (χ4v) is 6.49. The number of rotatable bonds is 12. The third-order valence-electron chi connectivity index (χ3n) is 9.25. The summed E-state index contributed by atoms with van der Waals surface area (Å²) in [5, 5.41) is 20.0. The summed E-state index contributed by atoms with van der Waals surface area (Å²) in [7, 11) is 0. The van der Waals surface area contributed by atoms with Gasteiger partial charge in [0.25, 0.3) is 0 Å². The smallest absolute Gasteiger partial charge is 0.349 e. The van der Waals surface area contributed by atoms with Gasteiger partial charge in [-0.05, 0) is 44.5 Å². The number of hydrogen-bond acceptors (Lipinski definition) is 10. The van der Waals surface area contributed by atoms with Gasteiger partial charge < -0.3 is 18.9 Å². The van der Waals surface area contributed by atoms with Crippen molar-refractivity contribution in [3.63, 3.8) is 0 Å². The Labute approximate surface area is 324 Å². The van der Waals surface area contributed by atoms with E-state index in [4.69, 9.17) is 18.9 Å². The lowest BCUT2D eigenvalue weighted by Crippen LogP contribution is -2.29. The monoisotopic (exact) mass is 746 g/mol. The predicted molar refractivity (Wildman–Crippen MR) is 208 cm³/mol. The molecule has 0 spiro atoms. The Morgan fingerprint density at radius 2 is 0.714 bits per heavy atom. The maximum atomic E-state index is 13.2. The number of nitriles is 2. The van der Waals surface area contributed by atoms with Gasteiger partial charge in [-0.2, -0.15) is 10.5 Å². The molecule has 0 N–H and O–H groups in total. The summed E-state index contributed by atoms with van der Waals surface area (Å²) in [5.74, 6) is -3.22. The Morgan fingerprint density at radius 1 is 0.464 bits per heavy atom. The van der Waals surface area contributed by atoms with Crippen molar-refractivity contribution in [2.24, 2.45) is 10.8 Å². The first-order valence-electron chi connectivity index (χ1n) is 17.9. The highest BCUT2D eigenvalue weighted by atomic mass is 16.6. The molecule has 2 aliphatic rings. The molecule has 56 heavy (non-hydrogen) atoms. The standard InChI is InChI=1S/C46H38N2O8/c1-45(2,27-55-43(51)37(23-47)41-33-17-9-5-13-29(33)30-14-6-10-18-34(30)41)25-53-39(49)21-22-40(50)54-26-46(3,4)28-56-44(52)38(24-48)42-35-19-11-7-15-31(35)32-16-8-12-20-36(32)42/h5-22H,25-28H2,1-4H3. The van der Waals surface area contributed by atoms with Crippen molar-refractivity contribution >= 4 is 35.0 Å². The van der Waals surface area contributed by atoms with E-state index in [-0.39, 0.29) is 37.6 Å². The lowest BCUT2D eigenvalue weighted by molar-refractivity contribution is -0.149. The van der Waals surface area contributed by atoms with Gasteiger partial charge in [0.1, 0.15) is 36.5 Å². The molecule has 0 fully saturated rings. The van der Waals surface area contributed by atoms with Crippen LogP contribution in [-0.2, 0) is 38.1 Å². The van der Waals surface area contributed by atoms with Crippen molar-refractivity contribution in [3.05, 3.63) is 143 Å². The van der Waals surface area contributed by atoms with Gasteiger partial charge in [-0.3, -0.25) is 0 Å². The number of carbonyl (C=O) groups is 4. The zero-order valence-corrected chi connectivity index (χ0v) is 31.4. The number of nitrogens with zero attached hydrogens (tertiary/aromatic N) is 2. The van der Waals surface area contributed by atoms with Gasteiger partial charge in [-0.15, -0.1) is 0 Å². The summed E-state index contributed by atoms with van der Waals surface area (Å²) in [6, 6.07) is 34.2. The van der Waals surface area contributed by atoms with E-state index in [0.717, 1.165) is 56.7 Å². The highest BCUT2D eigenvalue weighted by Gasteiger charge is 2.32. The SMILES string of the molecule is CC(C)(COC(=O)C=CC(=O)OCC(C)(C)COC(=O)C(C#N)=C1c2ccccc2-c2ccccc21)COC(=O)C(C#N)=C1c2ccccc2-c2ccccc21. The molecule has 280 valence electrons. The van der Waals surface area contributed by atoms with Crippen molar-refractivity contribution in [2.75, 3.05) is 26.4 Å². The van der Waals surface area contributed by atoms with Crippen LogP contribution in [0.25, 0.3) is 33.4 Å². The quantitative estimate of drug-likeness (QED) is 0.0525. The third kappa shape index (κ3) is 8.20. The first-order valence-corrected chi connectivity index (χ1v) is 17.9.